The van der Waals surface area contributed by atoms with Crippen molar-refractivity contribution in [1.29, 1.82) is 0 Å². The van der Waals surface area contributed by atoms with Gasteiger partial charge in [-0.05, 0) is 53.4 Å². The molecule has 0 radical (unpaired) electrons. The van der Waals surface area contributed by atoms with E-state index in [1.165, 1.54) is 0 Å². The minimum atomic E-state index is -1.10. The van der Waals surface area contributed by atoms with Crippen LogP contribution in [0.2, 0.25) is 0 Å². The van der Waals surface area contributed by atoms with Gasteiger partial charge < -0.3 is 62.3 Å². The van der Waals surface area contributed by atoms with E-state index in [0.29, 0.717) is 38.9 Å². The molecule has 2 heterocycles. The molecule has 79 heavy (non-hydrogen) atoms. The Morgan fingerprint density at radius 2 is 0.696 bits per heavy atom. The lowest BCUT2D eigenvalue weighted by Crippen LogP contribution is -2.31. The predicted molar refractivity (Wildman–Crippen MR) is 291 cm³/mol. The van der Waals surface area contributed by atoms with Crippen molar-refractivity contribution in [3.63, 3.8) is 0 Å². The summed E-state index contributed by atoms with van der Waals surface area (Å²) in [5.41, 5.74) is 0. The molecule has 0 bridgehead atoms. The number of hydrogen-bond acceptors (Lipinski definition) is 20. The number of unbranched alkanes of at least 4 members (excludes halogenated alkanes) is 16. The molecule has 0 amide bonds. The molecule has 0 aliphatic carbocycles. The standard InChI is InChI=1S/C29H50O10.C23H40O8.C6H12O3/c1-5-7-9-11-13-15-25(30)34-19-23(38-28(33)16-14-12-10-8-6-2)20-35-26(31)17-18-27(32)36-21-24-22-37-29(3,4)39-24;1-3-5-7-9-11-13-21(26)29-17-19(18-30-22(27)16-15-20(24)25)31-23(28)14-12-10-8-6-4-2;1-6(2)8-4-5(3-7)9-6/h23-24H,5-22H2,1-4H3;19H,3-18H2,1-2H3,(H,24,25);5,7H,3-4H2,1-2H3. The van der Waals surface area contributed by atoms with E-state index in [2.05, 4.69) is 27.7 Å². The zero-order chi connectivity index (χ0) is 59.2. The maximum atomic E-state index is 12.3. The lowest BCUT2D eigenvalue weighted by atomic mass is 10.1. The molecule has 4 unspecified atom stereocenters. The van der Waals surface area contributed by atoms with Crippen LogP contribution in [-0.4, -0.2) is 147 Å². The predicted octanol–water partition coefficient (Wildman–Crippen LogP) is 9.88. The molecule has 2 saturated heterocycles. The van der Waals surface area contributed by atoms with E-state index in [9.17, 15) is 38.4 Å². The quantitative estimate of drug-likeness (QED) is 0.0326. The minimum Gasteiger partial charge on any atom is -0.481 e. The Hall–Kier alpha value is -4.44. The molecular formula is C58H102O21. The molecule has 21 heteroatoms. The first kappa shape index (κ1) is 74.6. The molecule has 0 saturated carbocycles. The fourth-order valence-electron chi connectivity index (χ4n) is 7.62. The monoisotopic (exact) mass is 1130 g/mol. The Kier molecular flexibility index (Phi) is 44.6. The number of hydrogen-bond donors (Lipinski definition) is 2. The molecule has 2 rings (SSSR count). The van der Waals surface area contributed by atoms with Crippen LogP contribution >= 0.6 is 0 Å². The van der Waals surface area contributed by atoms with Crippen LogP contribution in [0.4, 0.5) is 0 Å². The molecule has 4 atom stereocenters. The van der Waals surface area contributed by atoms with Gasteiger partial charge in [0.2, 0.25) is 0 Å². The Labute approximate surface area is 471 Å². The Morgan fingerprint density at radius 3 is 0.987 bits per heavy atom. The second kappa shape index (κ2) is 47.2. The summed E-state index contributed by atoms with van der Waals surface area (Å²) in [5, 5.41) is 17.2. The summed E-state index contributed by atoms with van der Waals surface area (Å²) in [6, 6.07) is 0. The number of ether oxygens (including phenoxy) is 11. The minimum absolute atomic E-state index is 0.0394. The van der Waals surface area contributed by atoms with E-state index < -0.39 is 59.6 Å². The highest BCUT2D eigenvalue weighted by molar-refractivity contribution is 5.78. The Morgan fingerprint density at radius 1 is 0.405 bits per heavy atom. The average Bonchev–Trinajstić information content (AvgIpc) is 3.96. The zero-order valence-corrected chi connectivity index (χ0v) is 49.4. The molecule has 21 nitrogen and oxygen atoms in total. The van der Waals surface area contributed by atoms with Crippen molar-refractivity contribution in [1.82, 2.24) is 0 Å². The normalized spacial score (nSPS) is 16.6. The molecule has 0 aromatic carbocycles. The first-order valence-corrected chi connectivity index (χ1v) is 29.3. The smallest absolute Gasteiger partial charge is 0.306 e. The first-order chi connectivity index (χ1) is 37.7. The number of aliphatic carboxylic acids is 1. The first-order valence-electron chi connectivity index (χ1n) is 29.3. The van der Waals surface area contributed by atoms with Crippen molar-refractivity contribution in [2.45, 2.75) is 271 Å². The van der Waals surface area contributed by atoms with Gasteiger partial charge in [0.25, 0.3) is 0 Å². The van der Waals surface area contributed by atoms with Crippen LogP contribution < -0.4 is 0 Å². The summed E-state index contributed by atoms with van der Waals surface area (Å²) in [7, 11) is 0. The molecule has 0 spiro atoms. The molecule has 2 aliphatic heterocycles. The molecule has 2 aliphatic rings. The molecule has 2 N–H and O–H groups in total. The van der Waals surface area contributed by atoms with Crippen molar-refractivity contribution in [3.05, 3.63) is 0 Å². The zero-order valence-electron chi connectivity index (χ0n) is 49.4. The fraction of sp³-hybridized carbons (Fsp3) is 0.862. The van der Waals surface area contributed by atoms with E-state index in [0.717, 1.165) is 116 Å². The largest absolute Gasteiger partial charge is 0.481 e. The number of carboxylic acids is 1. The van der Waals surface area contributed by atoms with E-state index >= 15 is 0 Å². The summed E-state index contributed by atoms with van der Waals surface area (Å²) >= 11 is 0. The van der Waals surface area contributed by atoms with E-state index in [-0.39, 0.29) is 102 Å². The van der Waals surface area contributed by atoms with Gasteiger partial charge in [-0.1, -0.05) is 130 Å². The Bertz CT molecular complexity index is 1670. The van der Waals surface area contributed by atoms with Crippen molar-refractivity contribution in [2.75, 3.05) is 52.9 Å². The van der Waals surface area contributed by atoms with Crippen LogP contribution in [0.15, 0.2) is 0 Å². The second-order valence-corrected chi connectivity index (χ2v) is 20.8. The lowest BCUT2D eigenvalue weighted by Gasteiger charge is -2.18. The topological polar surface area (TPSA) is 279 Å². The van der Waals surface area contributed by atoms with Gasteiger partial charge in [0, 0.05) is 25.7 Å². The van der Waals surface area contributed by atoms with Crippen molar-refractivity contribution in [3.8, 4) is 0 Å². The third kappa shape index (κ3) is 45.9. The fourth-order valence-corrected chi connectivity index (χ4v) is 7.62. The number of rotatable bonds is 43. The second-order valence-electron chi connectivity index (χ2n) is 20.8. The highest BCUT2D eigenvalue weighted by Gasteiger charge is 2.34. The molecule has 460 valence electrons. The summed E-state index contributed by atoms with van der Waals surface area (Å²) in [6.45, 7) is 15.7. The number of carbonyl (C=O) groups excluding carboxylic acids is 7. The summed E-state index contributed by atoms with van der Waals surface area (Å²) < 4.78 is 58.0. The molecule has 2 fully saturated rings. The summed E-state index contributed by atoms with van der Waals surface area (Å²) in [5.74, 6) is -5.81. The van der Waals surface area contributed by atoms with Gasteiger partial charge in [-0.2, -0.15) is 0 Å². The SMILES string of the molecule is CC1(C)OCC(CO)O1.CCCCCCCC(=O)OCC(COC(=O)CCC(=O)O)OC(=O)CCCCCCC.CCCCCCCC(=O)OCC(COC(=O)CCC(=O)OCC1COC(C)(C)O1)OC(=O)CCCCCCC. The van der Waals surface area contributed by atoms with Crippen LogP contribution in [0.25, 0.3) is 0 Å². The molecular weight excluding hydrogens is 1030 g/mol. The molecule has 0 aromatic heterocycles. The van der Waals surface area contributed by atoms with Gasteiger partial charge in [0.1, 0.15) is 45.2 Å². The maximum absolute atomic E-state index is 12.3. The van der Waals surface area contributed by atoms with E-state index in [4.69, 9.17) is 62.3 Å². The van der Waals surface area contributed by atoms with E-state index in [1.807, 2.05) is 13.8 Å². The lowest BCUT2D eigenvalue weighted by molar-refractivity contribution is -0.167. The van der Waals surface area contributed by atoms with Gasteiger partial charge in [0.15, 0.2) is 23.8 Å². The van der Waals surface area contributed by atoms with Crippen molar-refractivity contribution in [2.24, 2.45) is 0 Å². The maximum Gasteiger partial charge on any atom is 0.306 e. The van der Waals surface area contributed by atoms with E-state index in [1.54, 1.807) is 13.8 Å². The number of aliphatic hydroxyl groups excluding tert-OH is 1. The third-order valence-corrected chi connectivity index (χ3v) is 12.1. The number of carbonyl (C=O) groups is 8. The molecule has 0 aromatic rings. The van der Waals surface area contributed by atoms with Crippen LogP contribution in [0.3, 0.4) is 0 Å². The van der Waals surface area contributed by atoms with Gasteiger partial charge in [-0.25, -0.2) is 0 Å². The van der Waals surface area contributed by atoms with Crippen molar-refractivity contribution >= 4 is 47.8 Å². The highest BCUT2D eigenvalue weighted by Crippen LogP contribution is 2.23. The van der Waals surface area contributed by atoms with Gasteiger partial charge in [-0.15, -0.1) is 0 Å². The van der Waals surface area contributed by atoms with Crippen LogP contribution in [0, 0.1) is 0 Å². The Balaban J connectivity index is 0.00000135. The summed E-state index contributed by atoms with van der Waals surface area (Å²) in [6.07, 6.45) is 17.8. The van der Waals surface area contributed by atoms with Gasteiger partial charge >= 0.3 is 47.8 Å². The highest BCUT2D eigenvalue weighted by atomic mass is 16.8. The number of esters is 7. The third-order valence-electron chi connectivity index (χ3n) is 12.1. The number of aliphatic hydroxyl groups is 1. The van der Waals surface area contributed by atoms with Crippen molar-refractivity contribution < 1.29 is 101 Å². The van der Waals surface area contributed by atoms with Gasteiger partial charge in [0.05, 0.1) is 45.5 Å². The number of carboxylic acid groups (broad SMARTS) is 1. The van der Waals surface area contributed by atoms with Crippen LogP contribution in [-0.2, 0) is 90.5 Å². The van der Waals surface area contributed by atoms with Crippen LogP contribution in [0.1, 0.15) is 235 Å². The average molecular weight is 1140 g/mol. The summed E-state index contributed by atoms with van der Waals surface area (Å²) in [4.78, 5) is 94.8. The van der Waals surface area contributed by atoms with Gasteiger partial charge in [-0.3, -0.25) is 38.4 Å². The van der Waals surface area contributed by atoms with Crippen LogP contribution in [0.5, 0.6) is 0 Å².